The zero-order valence-electron chi connectivity index (χ0n) is 8.04. The maximum atomic E-state index is 11.8. The minimum atomic E-state index is -0.0570. The zero-order chi connectivity index (χ0) is 11.0. The number of nitrogens with zero attached hydrogens (tertiary/aromatic N) is 3. The van der Waals surface area contributed by atoms with Crippen molar-refractivity contribution in [3.8, 4) is 0 Å². The van der Waals surface area contributed by atoms with Crippen LogP contribution in [-0.2, 0) is 11.4 Å². The number of hydrogen-bond donors (Lipinski definition) is 0. The summed E-state index contributed by atoms with van der Waals surface area (Å²) in [4.78, 5) is 17.6. The molecule has 2 rings (SSSR count). The molecule has 0 aromatic carbocycles. The first kappa shape index (κ1) is 11.1. The number of rotatable bonds is 3. The summed E-state index contributed by atoms with van der Waals surface area (Å²) >= 11 is 6.64. The van der Waals surface area contributed by atoms with E-state index in [1.165, 1.54) is 0 Å². The van der Waals surface area contributed by atoms with E-state index < -0.39 is 0 Å². The summed E-state index contributed by atoms with van der Waals surface area (Å²) in [5.41, 5.74) is 0. The minimum absolute atomic E-state index is 0.0570. The lowest BCUT2D eigenvalue weighted by Gasteiger charge is -2.14. The van der Waals surface area contributed by atoms with Gasteiger partial charge in [-0.05, 0) is 31.9 Å². The van der Waals surface area contributed by atoms with Crippen molar-refractivity contribution in [2.24, 2.45) is 0 Å². The van der Waals surface area contributed by atoms with Gasteiger partial charge in [0.25, 0.3) is 5.91 Å². The highest BCUT2D eigenvalue weighted by molar-refractivity contribution is 9.13. The minimum Gasteiger partial charge on any atom is -0.383 e. The summed E-state index contributed by atoms with van der Waals surface area (Å²) in [7, 11) is 1.62. The predicted octanol–water partition coefficient (Wildman–Crippen LogP) is 1.47. The number of hydrogen-bond acceptors (Lipinski definition) is 3. The second kappa shape index (κ2) is 4.23. The Balaban J connectivity index is 2.20. The van der Waals surface area contributed by atoms with Gasteiger partial charge in [0, 0.05) is 13.7 Å². The van der Waals surface area contributed by atoms with Crippen LogP contribution in [0.3, 0.4) is 0 Å². The zero-order valence-corrected chi connectivity index (χ0v) is 11.2. The van der Waals surface area contributed by atoms with E-state index in [0.29, 0.717) is 30.2 Å². The number of aromatic nitrogens is 2. The monoisotopic (exact) mass is 337 g/mol. The number of fused-ring (bicyclic) bond motifs is 1. The smallest absolute Gasteiger partial charge is 0.291 e. The number of amides is 1. The van der Waals surface area contributed by atoms with Gasteiger partial charge in [-0.3, -0.25) is 9.36 Å². The van der Waals surface area contributed by atoms with Crippen molar-refractivity contribution < 1.29 is 9.53 Å². The highest BCUT2D eigenvalue weighted by Crippen LogP contribution is 2.28. The van der Waals surface area contributed by atoms with Gasteiger partial charge in [0.05, 0.1) is 6.61 Å². The Bertz CT molecular complexity index is 405. The summed E-state index contributed by atoms with van der Waals surface area (Å²) in [5, 5.41) is 0. The fraction of sp³-hybridized carbons (Fsp3) is 0.500. The highest BCUT2D eigenvalue weighted by Gasteiger charge is 2.31. The van der Waals surface area contributed by atoms with Crippen molar-refractivity contribution in [2.45, 2.75) is 6.67 Å². The topological polar surface area (TPSA) is 47.4 Å². The van der Waals surface area contributed by atoms with E-state index in [1.807, 2.05) is 4.57 Å². The van der Waals surface area contributed by atoms with Gasteiger partial charge in [0.2, 0.25) is 5.82 Å². The maximum absolute atomic E-state index is 11.8. The highest BCUT2D eigenvalue weighted by atomic mass is 79.9. The van der Waals surface area contributed by atoms with Crippen molar-refractivity contribution in [1.29, 1.82) is 0 Å². The molecule has 1 aliphatic rings. The molecule has 0 fully saturated rings. The van der Waals surface area contributed by atoms with Crippen LogP contribution in [0.2, 0.25) is 0 Å². The van der Waals surface area contributed by atoms with Gasteiger partial charge in [0.15, 0.2) is 0 Å². The number of halogens is 2. The molecule has 0 N–H and O–H groups in total. The van der Waals surface area contributed by atoms with Crippen LogP contribution in [0.5, 0.6) is 0 Å². The molecule has 0 radical (unpaired) electrons. The molecule has 1 aliphatic heterocycles. The Morgan fingerprint density at radius 1 is 1.53 bits per heavy atom. The van der Waals surface area contributed by atoms with Crippen LogP contribution in [0.4, 0.5) is 0 Å². The first-order valence-electron chi connectivity index (χ1n) is 4.35. The lowest BCUT2D eigenvalue weighted by Crippen LogP contribution is -2.28. The summed E-state index contributed by atoms with van der Waals surface area (Å²) in [6.45, 7) is 1.65. The fourth-order valence-corrected chi connectivity index (χ4v) is 2.20. The average Bonchev–Trinajstić information content (AvgIpc) is 2.66. The molecule has 1 aromatic heterocycles. The Kier molecular flexibility index (Phi) is 3.13. The second-order valence-electron chi connectivity index (χ2n) is 3.15. The number of carbonyl (C=O) groups excluding carboxylic acids is 1. The van der Waals surface area contributed by atoms with E-state index in [0.717, 1.165) is 4.60 Å². The van der Waals surface area contributed by atoms with E-state index >= 15 is 0 Å². The van der Waals surface area contributed by atoms with Crippen LogP contribution in [0.1, 0.15) is 10.6 Å². The van der Waals surface area contributed by atoms with Gasteiger partial charge < -0.3 is 9.64 Å². The van der Waals surface area contributed by atoms with Gasteiger partial charge in [-0.15, -0.1) is 0 Å². The summed E-state index contributed by atoms with van der Waals surface area (Å²) in [6, 6.07) is 0. The van der Waals surface area contributed by atoms with Gasteiger partial charge in [-0.1, -0.05) is 0 Å². The van der Waals surface area contributed by atoms with Crippen molar-refractivity contribution >= 4 is 37.8 Å². The normalized spacial score (nSPS) is 14.9. The summed E-state index contributed by atoms with van der Waals surface area (Å²) in [5.74, 6) is 0.406. The molecule has 0 atom stereocenters. The molecular formula is C8H9Br2N3O2. The van der Waals surface area contributed by atoms with Gasteiger partial charge in [-0.25, -0.2) is 4.98 Å². The summed E-state index contributed by atoms with van der Waals surface area (Å²) in [6.07, 6.45) is 0. The standard InChI is InChI=1S/C8H9Br2N3O2/c1-15-3-2-12-4-13-6(10)5(9)11-7(13)8(12)14/h2-4H2,1H3. The first-order chi connectivity index (χ1) is 7.15. The van der Waals surface area contributed by atoms with E-state index in [4.69, 9.17) is 4.74 Å². The molecule has 1 amide bonds. The molecular weight excluding hydrogens is 330 g/mol. The number of methoxy groups -OCH3 is 1. The Morgan fingerprint density at radius 3 is 2.87 bits per heavy atom. The van der Waals surface area contributed by atoms with Gasteiger partial charge in [0.1, 0.15) is 15.9 Å². The fourth-order valence-electron chi connectivity index (χ4n) is 1.45. The maximum Gasteiger partial charge on any atom is 0.291 e. The molecule has 0 saturated carbocycles. The second-order valence-corrected chi connectivity index (χ2v) is 4.65. The molecule has 0 unspecified atom stereocenters. The lowest BCUT2D eigenvalue weighted by atomic mass is 10.5. The predicted molar refractivity (Wildman–Crippen MR) is 60.5 cm³/mol. The largest absolute Gasteiger partial charge is 0.383 e. The Labute approximate surface area is 104 Å². The lowest BCUT2D eigenvalue weighted by molar-refractivity contribution is 0.0701. The third-order valence-corrected chi connectivity index (χ3v) is 4.11. The van der Waals surface area contributed by atoms with Gasteiger partial charge in [-0.2, -0.15) is 0 Å². The number of imidazole rings is 1. The molecule has 2 heterocycles. The Morgan fingerprint density at radius 2 is 2.27 bits per heavy atom. The number of ether oxygens (including phenoxy) is 1. The van der Waals surface area contributed by atoms with Crippen LogP contribution >= 0.6 is 31.9 Å². The summed E-state index contributed by atoms with van der Waals surface area (Å²) < 4.78 is 8.22. The van der Waals surface area contributed by atoms with E-state index in [2.05, 4.69) is 36.8 Å². The molecule has 5 nitrogen and oxygen atoms in total. The first-order valence-corrected chi connectivity index (χ1v) is 5.93. The van der Waals surface area contributed by atoms with Crippen molar-refractivity contribution in [1.82, 2.24) is 14.5 Å². The molecule has 1 aromatic rings. The van der Waals surface area contributed by atoms with E-state index in [1.54, 1.807) is 12.0 Å². The molecule has 0 bridgehead atoms. The SMILES string of the molecule is COCCN1Cn2c(nc(Br)c2Br)C1=O. The molecule has 0 spiro atoms. The molecule has 0 aliphatic carbocycles. The van der Waals surface area contributed by atoms with Crippen molar-refractivity contribution in [3.63, 3.8) is 0 Å². The van der Waals surface area contributed by atoms with Crippen molar-refractivity contribution in [2.75, 3.05) is 20.3 Å². The average molecular weight is 339 g/mol. The quantitative estimate of drug-likeness (QED) is 0.838. The van der Waals surface area contributed by atoms with Crippen LogP contribution in [-0.4, -0.2) is 40.6 Å². The van der Waals surface area contributed by atoms with Crippen LogP contribution in [0.15, 0.2) is 9.21 Å². The number of carbonyl (C=O) groups is 1. The van der Waals surface area contributed by atoms with Crippen LogP contribution in [0.25, 0.3) is 0 Å². The van der Waals surface area contributed by atoms with Gasteiger partial charge >= 0.3 is 0 Å². The molecule has 15 heavy (non-hydrogen) atoms. The van der Waals surface area contributed by atoms with Crippen LogP contribution in [0, 0.1) is 0 Å². The molecule has 7 heteroatoms. The third kappa shape index (κ3) is 1.83. The van der Waals surface area contributed by atoms with E-state index in [-0.39, 0.29) is 5.91 Å². The molecule has 0 saturated heterocycles. The molecule has 82 valence electrons. The van der Waals surface area contributed by atoms with Crippen LogP contribution < -0.4 is 0 Å². The third-order valence-electron chi connectivity index (χ3n) is 2.22. The van der Waals surface area contributed by atoms with E-state index in [9.17, 15) is 4.79 Å². The van der Waals surface area contributed by atoms with Crippen molar-refractivity contribution in [3.05, 3.63) is 15.0 Å². The Hall–Kier alpha value is -0.400.